The molecule has 4 N–H and O–H groups in total. The Morgan fingerprint density at radius 1 is 1.15 bits per heavy atom. The molecule has 1 aromatic carbocycles. The number of aromatic amines is 1. The van der Waals surface area contributed by atoms with Gasteiger partial charge >= 0.3 is 0 Å². The molecule has 174 valence electrons. The van der Waals surface area contributed by atoms with Gasteiger partial charge in [-0.2, -0.15) is 0 Å². The van der Waals surface area contributed by atoms with Gasteiger partial charge in [-0.1, -0.05) is 11.3 Å². The third-order valence-electron chi connectivity index (χ3n) is 6.42. The average Bonchev–Trinajstić information content (AvgIpc) is 3.20. The normalized spacial score (nSPS) is 15.9. The maximum atomic E-state index is 13.3. The lowest BCUT2D eigenvalue weighted by Gasteiger charge is -2.26. The summed E-state index contributed by atoms with van der Waals surface area (Å²) < 4.78 is 16.2. The number of rotatable bonds is 5. The molecule has 9 heteroatoms. The summed E-state index contributed by atoms with van der Waals surface area (Å²) in [7, 11) is 3.15. The van der Waals surface area contributed by atoms with Gasteiger partial charge in [0.25, 0.3) is 11.7 Å². The zero-order chi connectivity index (χ0) is 22.9. The zero-order valence-electron chi connectivity index (χ0n) is 19.0. The van der Waals surface area contributed by atoms with E-state index in [9.17, 15) is 4.79 Å². The van der Waals surface area contributed by atoms with Gasteiger partial charge < -0.3 is 25.3 Å². The zero-order valence-corrected chi connectivity index (χ0v) is 19.8. The van der Waals surface area contributed by atoms with Crippen molar-refractivity contribution in [2.45, 2.75) is 25.7 Å². The molecule has 3 heterocycles. The number of morpholine rings is 1. The van der Waals surface area contributed by atoms with Gasteiger partial charge in [-0.3, -0.25) is 9.69 Å². The second-order valence-electron chi connectivity index (χ2n) is 8.31. The number of nitrogen functional groups attached to an aromatic ring is 1. The number of nitrogens with two attached hydrogens (primary N) is 1. The van der Waals surface area contributed by atoms with Crippen LogP contribution in [0.3, 0.4) is 0 Å². The predicted molar refractivity (Wildman–Crippen MR) is 130 cm³/mol. The van der Waals surface area contributed by atoms with E-state index in [1.165, 1.54) is 28.9 Å². The molecule has 0 spiro atoms. The predicted octanol–water partition coefficient (Wildman–Crippen LogP) is 3.28. The van der Waals surface area contributed by atoms with Crippen LogP contribution in [0.15, 0.2) is 18.2 Å². The second-order valence-corrected chi connectivity index (χ2v) is 9.33. The fourth-order valence-corrected chi connectivity index (χ4v) is 5.81. The molecule has 2 aliphatic rings. The van der Waals surface area contributed by atoms with Crippen LogP contribution in [-0.2, 0) is 17.6 Å². The van der Waals surface area contributed by atoms with Gasteiger partial charge in [0.1, 0.15) is 29.5 Å². The molecule has 0 atom stereocenters. The number of ether oxygens (including phenoxy) is 3. The molecule has 3 aromatic rings. The molecule has 1 fully saturated rings. The third-order valence-corrected chi connectivity index (χ3v) is 7.54. The molecule has 0 saturated carbocycles. The number of hydrogen-bond donors (Lipinski definition) is 2. The van der Waals surface area contributed by atoms with E-state index in [-0.39, 0.29) is 5.91 Å². The smallest absolute Gasteiger partial charge is 0.279 e. The van der Waals surface area contributed by atoms with Gasteiger partial charge in [0.2, 0.25) is 0 Å². The Morgan fingerprint density at radius 2 is 1.91 bits per heavy atom. The number of fused-ring (bicyclic) bond motifs is 3. The Kier molecular flexibility index (Phi) is 5.99. The third kappa shape index (κ3) is 3.95. The van der Waals surface area contributed by atoms with Gasteiger partial charge in [0.05, 0.1) is 44.2 Å². The van der Waals surface area contributed by atoms with Crippen LogP contribution in [-0.4, -0.2) is 46.4 Å². The highest BCUT2D eigenvalue weighted by Crippen LogP contribution is 2.41. The molecule has 1 amide bonds. The average molecular weight is 470 g/mol. The number of nitrogens with zero attached hydrogens (tertiary/aromatic N) is 1. The molecule has 0 radical (unpaired) electrons. The molecule has 0 unspecified atom stereocenters. The minimum Gasteiger partial charge on any atom is -0.497 e. The summed E-state index contributed by atoms with van der Waals surface area (Å²) in [6.45, 7) is 3.18. The first kappa shape index (κ1) is 21.8. The monoisotopic (exact) mass is 469 g/mol. The van der Waals surface area contributed by atoms with E-state index in [0.29, 0.717) is 27.8 Å². The number of aromatic nitrogens is 1. The highest BCUT2D eigenvalue weighted by atomic mass is 32.1. The van der Waals surface area contributed by atoms with Crippen LogP contribution >= 0.6 is 11.3 Å². The number of pyridine rings is 1. The van der Waals surface area contributed by atoms with Crippen molar-refractivity contribution in [1.29, 1.82) is 0 Å². The van der Waals surface area contributed by atoms with Crippen LogP contribution < -0.4 is 30.4 Å². The van der Waals surface area contributed by atoms with Crippen molar-refractivity contribution in [1.82, 2.24) is 0 Å². The van der Waals surface area contributed by atoms with E-state index >= 15 is 0 Å². The van der Waals surface area contributed by atoms with Crippen molar-refractivity contribution in [3.05, 3.63) is 34.2 Å². The molecule has 2 aromatic heterocycles. The van der Waals surface area contributed by atoms with Gasteiger partial charge in [0.15, 0.2) is 4.83 Å². The Morgan fingerprint density at radius 3 is 2.64 bits per heavy atom. The van der Waals surface area contributed by atoms with Gasteiger partial charge in [0, 0.05) is 11.6 Å². The standard InChI is InChI=1S/C24H28N4O4S/c1-30-14-7-8-17(18(13-14)31-2)26-23(29)21-20(25)19-15-5-3-4-6-16(15)22(27-24(19)33-21)28-9-11-32-12-10-28/h7-8,13H,3-6,9-12,25H2,1-2H3,(H,26,29)/p+1. The fourth-order valence-electron chi connectivity index (χ4n) is 4.76. The van der Waals surface area contributed by atoms with E-state index in [0.717, 1.165) is 61.6 Å². The van der Waals surface area contributed by atoms with Crippen molar-refractivity contribution < 1.29 is 24.0 Å². The summed E-state index contributed by atoms with van der Waals surface area (Å²) in [4.78, 5) is 20.7. The lowest BCUT2D eigenvalue weighted by molar-refractivity contribution is -0.328. The van der Waals surface area contributed by atoms with Crippen molar-refractivity contribution in [2.24, 2.45) is 0 Å². The van der Waals surface area contributed by atoms with Crippen LogP contribution in [0.5, 0.6) is 11.5 Å². The van der Waals surface area contributed by atoms with Crippen molar-refractivity contribution in [3.63, 3.8) is 0 Å². The minimum absolute atomic E-state index is 0.247. The number of H-pyrrole nitrogens is 1. The summed E-state index contributed by atoms with van der Waals surface area (Å²) in [5.41, 5.74) is 10.3. The van der Waals surface area contributed by atoms with E-state index in [1.807, 2.05) is 0 Å². The maximum absolute atomic E-state index is 13.3. The number of nitrogens with one attached hydrogen (secondary N) is 2. The van der Waals surface area contributed by atoms with E-state index in [2.05, 4.69) is 15.2 Å². The van der Waals surface area contributed by atoms with Gasteiger partial charge in [-0.05, 0) is 43.4 Å². The number of methoxy groups -OCH3 is 2. The first-order chi connectivity index (χ1) is 16.1. The number of hydrogen-bond acceptors (Lipinski definition) is 7. The van der Waals surface area contributed by atoms with Crippen LogP contribution in [0.4, 0.5) is 17.2 Å². The van der Waals surface area contributed by atoms with Crippen molar-refractivity contribution in [3.8, 4) is 11.5 Å². The van der Waals surface area contributed by atoms with E-state index in [1.54, 1.807) is 32.4 Å². The summed E-state index contributed by atoms with van der Waals surface area (Å²) in [6, 6.07) is 5.29. The molecule has 33 heavy (non-hydrogen) atoms. The number of amides is 1. The lowest BCUT2D eigenvalue weighted by Crippen LogP contribution is -2.40. The maximum Gasteiger partial charge on any atom is 0.279 e. The van der Waals surface area contributed by atoms with Crippen LogP contribution in [0, 0.1) is 0 Å². The number of benzene rings is 1. The second kappa shape index (κ2) is 9.07. The molecule has 5 rings (SSSR count). The first-order valence-corrected chi connectivity index (χ1v) is 12.1. The van der Waals surface area contributed by atoms with Crippen LogP contribution in [0.25, 0.3) is 10.2 Å². The molecular formula is C24H29N4O4S+. The Hall–Kier alpha value is -3.04. The van der Waals surface area contributed by atoms with Crippen LogP contribution in [0.2, 0.25) is 0 Å². The SMILES string of the molecule is COc1ccc(NC(=O)c2sc3[nH+]c(N4CCOCC4)c4c(c3c2N)CCCC4)c(OC)c1. The molecule has 1 aliphatic carbocycles. The van der Waals surface area contributed by atoms with Crippen molar-refractivity contribution in [2.75, 3.05) is 56.5 Å². The molecule has 1 aliphatic heterocycles. The Bertz CT molecular complexity index is 1200. The van der Waals surface area contributed by atoms with E-state index in [4.69, 9.17) is 19.9 Å². The molecule has 8 nitrogen and oxygen atoms in total. The first-order valence-electron chi connectivity index (χ1n) is 11.3. The minimum atomic E-state index is -0.247. The lowest BCUT2D eigenvalue weighted by atomic mass is 9.89. The van der Waals surface area contributed by atoms with E-state index < -0.39 is 0 Å². The number of carbonyl (C=O) groups excluding carboxylic acids is 1. The highest BCUT2D eigenvalue weighted by Gasteiger charge is 2.31. The molecule has 1 saturated heterocycles. The van der Waals surface area contributed by atoms with Gasteiger partial charge in [-0.15, -0.1) is 0 Å². The number of aryl methyl sites for hydroxylation is 1. The van der Waals surface area contributed by atoms with Crippen LogP contribution in [0.1, 0.15) is 33.6 Å². The number of anilines is 3. The highest BCUT2D eigenvalue weighted by molar-refractivity contribution is 7.21. The molecule has 0 bridgehead atoms. The number of thiophene rings is 1. The summed E-state index contributed by atoms with van der Waals surface area (Å²) >= 11 is 1.41. The summed E-state index contributed by atoms with van der Waals surface area (Å²) in [6.07, 6.45) is 4.30. The Labute approximate surface area is 196 Å². The Balaban J connectivity index is 1.54. The van der Waals surface area contributed by atoms with Gasteiger partial charge in [-0.25, -0.2) is 4.98 Å². The summed E-state index contributed by atoms with van der Waals surface area (Å²) in [5.74, 6) is 2.10. The summed E-state index contributed by atoms with van der Waals surface area (Å²) in [5, 5.41) is 3.96. The quantitative estimate of drug-likeness (QED) is 0.595. The van der Waals surface area contributed by atoms with Crippen molar-refractivity contribution >= 4 is 44.7 Å². The molecular weight excluding hydrogens is 440 g/mol. The number of carbonyl (C=O) groups is 1. The topological polar surface area (TPSA) is 100 Å². The largest absolute Gasteiger partial charge is 0.497 e. The fraction of sp³-hybridized carbons (Fsp3) is 0.417.